The van der Waals surface area contributed by atoms with Crippen LogP contribution in [0.5, 0.6) is 0 Å². The first-order chi connectivity index (χ1) is 10.2. The van der Waals surface area contributed by atoms with Gasteiger partial charge in [-0.1, -0.05) is 12.1 Å². The SMILES string of the molecule is O=C1[C@@H]2C[C@@H](O)CN2C(=O)N1c1cccc2c1CCCC2. The summed E-state index contributed by atoms with van der Waals surface area (Å²) in [5, 5.41) is 9.65. The molecule has 2 atom stereocenters. The number of amides is 3. The van der Waals surface area contributed by atoms with E-state index < -0.39 is 12.1 Å². The Kier molecular flexibility index (Phi) is 2.79. The van der Waals surface area contributed by atoms with Crippen molar-refractivity contribution in [3.05, 3.63) is 29.3 Å². The molecule has 0 saturated carbocycles. The van der Waals surface area contributed by atoms with Gasteiger partial charge in [0, 0.05) is 13.0 Å². The first-order valence-electron chi connectivity index (χ1n) is 7.60. The molecule has 0 aromatic heterocycles. The van der Waals surface area contributed by atoms with E-state index in [-0.39, 0.29) is 18.5 Å². The van der Waals surface area contributed by atoms with Crippen LogP contribution in [0.25, 0.3) is 0 Å². The molecule has 0 bridgehead atoms. The van der Waals surface area contributed by atoms with Crippen molar-refractivity contribution in [2.45, 2.75) is 44.2 Å². The monoisotopic (exact) mass is 286 g/mol. The van der Waals surface area contributed by atoms with Crippen LogP contribution in [0.1, 0.15) is 30.4 Å². The number of hydrogen-bond acceptors (Lipinski definition) is 3. The van der Waals surface area contributed by atoms with Gasteiger partial charge in [0.05, 0.1) is 11.8 Å². The molecule has 5 nitrogen and oxygen atoms in total. The quantitative estimate of drug-likeness (QED) is 0.795. The summed E-state index contributed by atoms with van der Waals surface area (Å²) in [5.41, 5.74) is 3.16. The zero-order valence-electron chi connectivity index (χ0n) is 11.8. The third-order valence-electron chi connectivity index (χ3n) is 4.83. The Labute approximate surface area is 123 Å². The van der Waals surface area contributed by atoms with Gasteiger partial charge in [-0.2, -0.15) is 0 Å². The number of aliphatic hydroxyl groups excluding tert-OH is 1. The van der Waals surface area contributed by atoms with Crippen LogP contribution in [0.2, 0.25) is 0 Å². The molecule has 3 amide bonds. The Hall–Kier alpha value is -1.88. The molecule has 4 rings (SSSR count). The van der Waals surface area contributed by atoms with E-state index in [1.807, 2.05) is 12.1 Å². The van der Waals surface area contributed by atoms with Crippen molar-refractivity contribution in [1.29, 1.82) is 0 Å². The summed E-state index contributed by atoms with van der Waals surface area (Å²) in [6, 6.07) is 5.14. The summed E-state index contributed by atoms with van der Waals surface area (Å²) in [4.78, 5) is 28.0. The molecule has 3 aliphatic rings. The van der Waals surface area contributed by atoms with Crippen molar-refractivity contribution in [3.8, 4) is 0 Å². The number of aryl methyl sites for hydroxylation is 1. The summed E-state index contributed by atoms with van der Waals surface area (Å²) < 4.78 is 0. The zero-order valence-corrected chi connectivity index (χ0v) is 11.8. The van der Waals surface area contributed by atoms with E-state index in [1.165, 1.54) is 21.8 Å². The maximum atomic E-state index is 12.6. The number of imide groups is 1. The Bertz CT molecular complexity index is 604. The molecule has 1 aliphatic carbocycles. The van der Waals surface area contributed by atoms with Gasteiger partial charge in [0.25, 0.3) is 5.91 Å². The smallest absolute Gasteiger partial charge is 0.332 e. The van der Waals surface area contributed by atoms with Crippen LogP contribution in [0.3, 0.4) is 0 Å². The summed E-state index contributed by atoms with van der Waals surface area (Å²) in [7, 11) is 0. The van der Waals surface area contributed by atoms with Crippen molar-refractivity contribution in [2.75, 3.05) is 11.4 Å². The molecule has 0 radical (unpaired) electrons. The summed E-state index contributed by atoms with van der Waals surface area (Å²) in [6.45, 7) is 0.265. The van der Waals surface area contributed by atoms with Gasteiger partial charge in [-0.15, -0.1) is 0 Å². The van der Waals surface area contributed by atoms with E-state index in [1.54, 1.807) is 0 Å². The normalized spacial score (nSPS) is 28.0. The molecule has 2 heterocycles. The van der Waals surface area contributed by atoms with Crippen LogP contribution in [-0.2, 0) is 17.6 Å². The molecule has 1 aromatic carbocycles. The van der Waals surface area contributed by atoms with Gasteiger partial charge >= 0.3 is 6.03 Å². The maximum absolute atomic E-state index is 12.6. The lowest BCUT2D eigenvalue weighted by atomic mass is 9.90. The van der Waals surface area contributed by atoms with Crippen molar-refractivity contribution in [2.24, 2.45) is 0 Å². The number of carbonyl (C=O) groups excluding carboxylic acids is 2. The lowest BCUT2D eigenvalue weighted by Crippen LogP contribution is -2.36. The first-order valence-corrected chi connectivity index (χ1v) is 7.60. The molecule has 2 fully saturated rings. The number of rotatable bonds is 1. The van der Waals surface area contributed by atoms with Gasteiger partial charge in [0.1, 0.15) is 6.04 Å². The lowest BCUT2D eigenvalue weighted by Gasteiger charge is -2.24. The molecular formula is C16H18N2O3. The molecule has 0 unspecified atom stereocenters. The predicted molar refractivity (Wildman–Crippen MR) is 77.1 cm³/mol. The van der Waals surface area contributed by atoms with E-state index in [4.69, 9.17) is 0 Å². The first kappa shape index (κ1) is 12.8. The van der Waals surface area contributed by atoms with Crippen molar-refractivity contribution in [1.82, 2.24) is 4.90 Å². The van der Waals surface area contributed by atoms with Gasteiger partial charge in [-0.05, 0) is 42.9 Å². The molecule has 1 aromatic rings. The van der Waals surface area contributed by atoms with Crippen molar-refractivity contribution >= 4 is 17.6 Å². The topological polar surface area (TPSA) is 60.9 Å². The molecule has 110 valence electrons. The second-order valence-electron chi connectivity index (χ2n) is 6.14. The van der Waals surface area contributed by atoms with Gasteiger partial charge < -0.3 is 10.0 Å². The van der Waals surface area contributed by atoms with E-state index in [0.717, 1.165) is 30.5 Å². The fourth-order valence-electron chi connectivity index (χ4n) is 3.82. The summed E-state index contributed by atoms with van der Waals surface area (Å²) >= 11 is 0. The highest BCUT2D eigenvalue weighted by atomic mass is 16.3. The molecule has 2 aliphatic heterocycles. The van der Waals surface area contributed by atoms with Gasteiger partial charge in [0.15, 0.2) is 0 Å². The van der Waals surface area contributed by atoms with Gasteiger partial charge in [-0.3, -0.25) is 4.79 Å². The van der Waals surface area contributed by atoms with E-state index in [0.29, 0.717) is 6.42 Å². The van der Waals surface area contributed by atoms with Crippen LogP contribution in [0.15, 0.2) is 18.2 Å². The zero-order chi connectivity index (χ0) is 14.6. The number of aliphatic hydroxyl groups is 1. The molecule has 2 saturated heterocycles. The van der Waals surface area contributed by atoms with Crippen LogP contribution in [0.4, 0.5) is 10.5 Å². The Morgan fingerprint density at radius 2 is 1.95 bits per heavy atom. The van der Waals surface area contributed by atoms with Crippen LogP contribution < -0.4 is 4.90 Å². The number of carbonyl (C=O) groups is 2. The van der Waals surface area contributed by atoms with Crippen LogP contribution in [-0.4, -0.2) is 40.6 Å². The maximum Gasteiger partial charge on any atom is 0.332 e. The number of anilines is 1. The molecule has 21 heavy (non-hydrogen) atoms. The van der Waals surface area contributed by atoms with Gasteiger partial charge in [-0.25, -0.2) is 9.69 Å². The number of benzene rings is 1. The molecular weight excluding hydrogens is 268 g/mol. The molecule has 1 N–H and O–H groups in total. The average Bonchev–Trinajstić information content (AvgIpc) is 2.98. The summed E-state index contributed by atoms with van der Waals surface area (Å²) in [6.07, 6.45) is 4.00. The second kappa shape index (κ2) is 4.56. The number of urea groups is 1. The predicted octanol–water partition coefficient (Wildman–Crippen LogP) is 1.47. The van der Waals surface area contributed by atoms with E-state index in [2.05, 4.69) is 6.07 Å². The second-order valence-corrected chi connectivity index (χ2v) is 6.14. The number of fused-ring (bicyclic) bond motifs is 2. The van der Waals surface area contributed by atoms with E-state index in [9.17, 15) is 14.7 Å². The minimum absolute atomic E-state index is 0.185. The standard InChI is InChI=1S/C16H18N2O3/c19-11-8-14-15(20)18(16(21)17(14)9-11)13-7-3-5-10-4-1-2-6-12(10)13/h3,5,7,11,14,19H,1-2,4,6,8-9H2/t11-,14+/m1/s1. The lowest BCUT2D eigenvalue weighted by molar-refractivity contribution is -0.119. The van der Waals surface area contributed by atoms with Gasteiger partial charge in [0.2, 0.25) is 0 Å². The Balaban J connectivity index is 1.75. The van der Waals surface area contributed by atoms with Crippen molar-refractivity contribution in [3.63, 3.8) is 0 Å². The van der Waals surface area contributed by atoms with E-state index >= 15 is 0 Å². The van der Waals surface area contributed by atoms with Crippen LogP contribution in [0, 0.1) is 0 Å². The Morgan fingerprint density at radius 3 is 2.76 bits per heavy atom. The minimum atomic E-state index is -0.574. The molecule has 5 heteroatoms. The fraction of sp³-hybridized carbons (Fsp3) is 0.500. The number of nitrogens with zero attached hydrogens (tertiary/aromatic N) is 2. The Morgan fingerprint density at radius 1 is 1.14 bits per heavy atom. The highest BCUT2D eigenvalue weighted by Crippen LogP contribution is 2.36. The average molecular weight is 286 g/mol. The minimum Gasteiger partial charge on any atom is -0.391 e. The highest BCUT2D eigenvalue weighted by Gasteiger charge is 2.51. The van der Waals surface area contributed by atoms with Crippen molar-refractivity contribution < 1.29 is 14.7 Å². The highest BCUT2D eigenvalue weighted by molar-refractivity contribution is 6.22. The largest absolute Gasteiger partial charge is 0.391 e. The van der Waals surface area contributed by atoms with Crippen LogP contribution >= 0.6 is 0 Å². The number of hydrogen-bond donors (Lipinski definition) is 1. The third kappa shape index (κ3) is 1.80. The third-order valence-corrected chi connectivity index (χ3v) is 4.83. The fourth-order valence-corrected chi connectivity index (χ4v) is 3.82. The summed E-state index contributed by atoms with van der Waals surface area (Å²) in [5.74, 6) is -0.185. The molecule has 0 spiro atoms.